The zero-order valence-electron chi connectivity index (χ0n) is 18.4. The van der Waals surface area contributed by atoms with Crippen LogP contribution < -0.4 is 14.8 Å². The van der Waals surface area contributed by atoms with Gasteiger partial charge in [-0.05, 0) is 32.0 Å². The number of sulfonamides is 1. The van der Waals surface area contributed by atoms with Gasteiger partial charge in [-0.3, -0.25) is 9.52 Å². The third-order valence-corrected chi connectivity index (χ3v) is 5.43. The van der Waals surface area contributed by atoms with E-state index >= 15 is 0 Å². The minimum absolute atomic E-state index is 0.0177. The van der Waals surface area contributed by atoms with E-state index in [1.54, 1.807) is 42.1 Å². The van der Waals surface area contributed by atoms with Crippen LogP contribution in [0.1, 0.15) is 26.3 Å². The van der Waals surface area contributed by atoms with Crippen molar-refractivity contribution >= 4 is 27.6 Å². The first kappa shape index (κ1) is 23.8. The number of urea groups is 1. The fourth-order valence-corrected chi connectivity index (χ4v) is 3.82. The summed E-state index contributed by atoms with van der Waals surface area (Å²) in [7, 11) is -0.00927. The Morgan fingerprint density at radius 3 is 2.63 bits per heavy atom. The first-order valence-corrected chi connectivity index (χ1v) is 11.8. The number of rotatable bonds is 5. The summed E-state index contributed by atoms with van der Waals surface area (Å²) in [6.07, 6.45) is 0.808. The number of anilines is 1. The summed E-state index contributed by atoms with van der Waals surface area (Å²) in [4.78, 5) is 28.2. The SMILES string of the molecule is CC(C)NC(=O)N(C)C[C@H]1Oc2ccc(NS(C)(=O)=O)cc2CC(=O)N(C)C[C@H]1C. The van der Waals surface area contributed by atoms with Gasteiger partial charge in [0, 0.05) is 43.9 Å². The molecule has 1 heterocycles. The monoisotopic (exact) mass is 440 g/mol. The maximum Gasteiger partial charge on any atom is 0.317 e. The lowest BCUT2D eigenvalue weighted by Gasteiger charge is -2.31. The highest BCUT2D eigenvalue weighted by Crippen LogP contribution is 2.28. The predicted molar refractivity (Wildman–Crippen MR) is 116 cm³/mol. The molecule has 30 heavy (non-hydrogen) atoms. The molecule has 2 rings (SSSR count). The van der Waals surface area contributed by atoms with Gasteiger partial charge >= 0.3 is 6.03 Å². The molecule has 10 heteroatoms. The average molecular weight is 441 g/mol. The molecule has 0 saturated heterocycles. The Hall–Kier alpha value is -2.49. The molecule has 168 valence electrons. The number of nitrogens with zero attached hydrogens (tertiary/aromatic N) is 2. The van der Waals surface area contributed by atoms with Crippen LogP contribution in [0.15, 0.2) is 18.2 Å². The van der Waals surface area contributed by atoms with Crippen LogP contribution in [0.2, 0.25) is 0 Å². The van der Waals surface area contributed by atoms with Gasteiger partial charge in [-0.15, -0.1) is 0 Å². The second kappa shape index (κ2) is 9.55. The van der Waals surface area contributed by atoms with Crippen LogP contribution in [0.3, 0.4) is 0 Å². The van der Waals surface area contributed by atoms with Crippen molar-refractivity contribution < 1.29 is 22.7 Å². The summed E-state index contributed by atoms with van der Waals surface area (Å²) < 4.78 is 31.8. The summed E-state index contributed by atoms with van der Waals surface area (Å²) in [5.74, 6) is 0.384. The number of ether oxygens (including phenoxy) is 1. The van der Waals surface area contributed by atoms with Crippen LogP contribution in [-0.4, -0.2) is 75.7 Å². The average Bonchev–Trinajstić information content (AvgIpc) is 2.63. The Morgan fingerprint density at radius 2 is 2.03 bits per heavy atom. The number of amides is 3. The van der Waals surface area contributed by atoms with Gasteiger partial charge in [-0.2, -0.15) is 0 Å². The van der Waals surface area contributed by atoms with Crippen molar-refractivity contribution in [1.29, 1.82) is 0 Å². The van der Waals surface area contributed by atoms with Crippen molar-refractivity contribution in [3.05, 3.63) is 23.8 Å². The zero-order valence-corrected chi connectivity index (χ0v) is 19.2. The molecule has 0 bridgehead atoms. The smallest absolute Gasteiger partial charge is 0.317 e. The number of benzene rings is 1. The highest BCUT2D eigenvalue weighted by atomic mass is 32.2. The molecule has 0 radical (unpaired) electrons. The van der Waals surface area contributed by atoms with E-state index in [-0.39, 0.29) is 36.4 Å². The first-order chi connectivity index (χ1) is 13.9. The second-order valence-corrected chi connectivity index (χ2v) is 10.0. The summed E-state index contributed by atoms with van der Waals surface area (Å²) in [5.41, 5.74) is 0.960. The molecule has 0 fully saturated rings. The van der Waals surface area contributed by atoms with E-state index in [0.717, 1.165) is 6.26 Å². The predicted octanol–water partition coefficient (Wildman–Crippen LogP) is 1.51. The maximum atomic E-state index is 12.6. The Labute approximate surface area is 178 Å². The number of likely N-dealkylation sites (N-methyl/N-ethyl adjacent to an activating group) is 2. The van der Waals surface area contributed by atoms with E-state index in [2.05, 4.69) is 10.0 Å². The molecule has 1 aromatic rings. The highest BCUT2D eigenvalue weighted by molar-refractivity contribution is 7.92. The Bertz CT molecular complexity index is 887. The van der Waals surface area contributed by atoms with E-state index < -0.39 is 10.0 Å². The van der Waals surface area contributed by atoms with Crippen molar-refractivity contribution in [1.82, 2.24) is 15.1 Å². The summed E-state index contributed by atoms with van der Waals surface area (Å²) in [6.45, 7) is 6.58. The zero-order chi connectivity index (χ0) is 22.6. The van der Waals surface area contributed by atoms with Gasteiger partial charge in [-0.25, -0.2) is 13.2 Å². The van der Waals surface area contributed by atoms with Crippen molar-refractivity contribution in [2.24, 2.45) is 5.92 Å². The van der Waals surface area contributed by atoms with Crippen molar-refractivity contribution in [3.8, 4) is 5.75 Å². The van der Waals surface area contributed by atoms with Crippen molar-refractivity contribution in [3.63, 3.8) is 0 Å². The molecular formula is C20H32N4O5S. The van der Waals surface area contributed by atoms with Gasteiger partial charge in [0.15, 0.2) is 0 Å². The van der Waals surface area contributed by atoms with Crippen LogP contribution in [0.4, 0.5) is 10.5 Å². The van der Waals surface area contributed by atoms with Crippen LogP contribution in [0, 0.1) is 5.92 Å². The lowest BCUT2D eigenvalue weighted by molar-refractivity contribution is -0.129. The molecule has 0 aromatic heterocycles. The van der Waals surface area contributed by atoms with E-state index in [1.807, 2.05) is 20.8 Å². The molecule has 2 N–H and O–H groups in total. The first-order valence-electron chi connectivity index (χ1n) is 9.88. The van der Waals surface area contributed by atoms with Crippen LogP contribution in [-0.2, 0) is 21.2 Å². The largest absolute Gasteiger partial charge is 0.488 e. The van der Waals surface area contributed by atoms with Crippen LogP contribution in [0.5, 0.6) is 5.75 Å². The molecule has 1 aliphatic rings. The molecule has 0 saturated carbocycles. The van der Waals surface area contributed by atoms with Gasteiger partial charge in [0.05, 0.1) is 19.2 Å². The van der Waals surface area contributed by atoms with Crippen LogP contribution in [0.25, 0.3) is 0 Å². The number of nitrogens with one attached hydrogen (secondary N) is 2. The lowest BCUT2D eigenvalue weighted by atomic mass is 10.0. The molecule has 3 amide bonds. The third kappa shape index (κ3) is 6.79. The normalized spacial score (nSPS) is 19.8. The Balaban J connectivity index is 2.33. The molecule has 0 spiro atoms. The number of carbonyl (C=O) groups is 2. The second-order valence-electron chi connectivity index (χ2n) is 8.27. The Morgan fingerprint density at radius 1 is 1.37 bits per heavy atom. The fraction of sp³-hybridized carbons (Fsp3) is 0.600. The fourth-order valence-electron chi connectivity index (χ4n) is 3.27. The number of hydrogen-bond donors (Lipinski definition) is 2. The summed E-state index contributed by atoms with van der Waals surface area (Å²) >= 11 is 0. The van der Waals surface area contributed by atoms with Crippen LogP contribution >= 0.6 is 0 Å². The number of fused-ring (bicyclic) bond motifs is 1. The van der Waals surface area contributed by atoms with E-state index in [0.29, 0.717) is 30.1 Å². The van der Waals surface area contributed by atoms with E-state index in [9.17, 15) is 18.0 Å². The minimum Gasteiger partial charge on any atom is -0.488 e. The standard InChI is InChI=1S/C20H32N4O5S/c1-13(2)21-20(26)24(5)12-18-14(3)11-23(4)19(25)10-15-9-16(22-30(6,27)28)7-8-17(15)29-18/h7-9,13-14,18,22H,10-12H2,1-6H3,(H,21,26)/t14-,18-/m1/s1. The molecule has 9 nitrogen and oxygen atoms in total. The molecular weight excluding hydrogens is 408 g/mol. The van der Waals surface area contributed by atoms with Crippen molar-refractivity contribution in [2.45, 2.75) is 39.3 Å². The number of hydrogen-bond acceptors (Lipinski definition) is 5. The van der Waals surface area contributed by atoms with Gasteiger partial charge in [0.2, 0.25) is 15.9 Å². The lowest BCUT2D eigenvalue weighted by Crippen LogP contribution is -2.48. The Kier molecular flexibility index (Phi) is 7.57. The molecule has 1 aliphatic heterocycles. The highest BCUT2D eigenvalue weighted by Gasteiger charge is 2.29. The van der Waals surface area contributed by atoms with E-state index in [4.69, 9.17) is 4.74 Å². The third-order valence-electron chi connectivity index (χ3n) is 4.82. The van der Waals surface area contributed by atoms with Gasteiger partial charge in [0.25, 0.3) is 0 Å². The van der Waals surface area contributed by atoms with Gasteiger partial charge in [0.1, 0.15) is 11.9 Å². The minimum atomic E-state index is -3.44. The number of carbonyl (C=O) groups excluding carboxylic acids is 2. The summed E-state index contributed by atoms with van der Waals surface area (Å²) in [6, 6.07) is 4.70. The van der Waals surface area contributed by atoms with Gasteiger partial charge < -0.3 is 19.9 Å². The van der Waals surface area contributed by atoms with Crippen molar-refractivity contribution in [2.75, 3.05) is 38.2 Å². The van der Waals surface area contributed by atoms with E-state index in [1.165, 1.54) is 0 Å². The molecule has 2 atom stereocenters. The molecule has 0 unspecified atom stereocenters. The molecule has 1 aromatic carbocycles. The van der Waals surface area contributed by atoms with Gasteiger partial charge in [-0.1, -0.05) is 6.92 Å². The maximum absolute atomic E-state index is 12.6. The quantitative estimate of drug-likeness (QED) is 0.722. The molecule has 0 aliphatic carbocycles. The topological polar surface area (TPSA) is 108 Å². The summed E-state index contributed by atoms with van der Waals surface area (Å²) in [5, 5.41) is 2.85.